The van der Waals surface area contributed by atoms with E-state index in [1.807, 2.05) is 4.90 Å². The van der Waals surface area contributed by atoms with E-state index in [1.165, 1.54) is 12.1 Å². The molecule has 1 amide bonds. The summed E-state index contributed by atoms with van der Waals surface area (Å²) >= 11 is 5.94. The smallest absolute Gasteiger partial charge is 0.241 e. The van der Waals surface area contributed by atoms with Gasteiger partial charge in [0, 0.05) is 23.3 Å². The van der Waals surface area contributed by atoms with Crippen LogP contribution in [0.4, 0.5) is 10.1 Å². The van der Waals surface area contributed by atoms with Crippen molar-refractivity contribution in [3.63, 3.8) is 0 Å². The van der Waals surface area contributed by atoms with Gasteiger partial charge in [-0.2, -0.15) is 0 Å². The van der Waals surface area contributed by atoms with Gasteiger partial charge in [0.25, 0.3) is 0 Å². The van der Waals surface area contributed by atoms with Crippen LogP contribution in [-0.2, 0) is 21.1 Å². The molecule has 0 radical (unpaired) electrons. The first-order valence-electron chi connectivity index (χ1n) is 9.09. The molecule has 0 aromatic heterocycles. The molecule has 0 saturated carbocycles. The number of carbonyl (C=O) groups excluding carboxylic acids is 1. The molecule has 0 spiro atoms. The summed E-state index contributed by atoms with van der Waals surface area (Å²) in [6.07, 6.45) is 0.623. The van der Waals surface area contributed by atoms with Crippen LogP contribution in [0.1, 0.15) is 5.56 Å². The third-order valence-electron chi connectivity index (χ3n) is 5.41. The molecule has 2 aliphatic rings. The average molecular weight is 423 g/mol. The molecule has 2 saturated heterocycles. The van der Waals surface area contributed by atoms with Crippen molar-refractivity contribution in [3.8, 4) is 0 Å². The molecule has 0 unspecified atom stereocenters. The Bertz CT molecular complexity index is 980. The van der Waals surface area contributed by atoms with Crippen LogP contribution in [0.3, 0.4) is 0 Å². The lowest BCUT2D eigenvalue weighted by Crippen LogP contribution is -2.62. The van der Waals surface area contributed by atoms with Crippen LogP contribution in [0, 0.1) is 5.82 Å². The number of piperazine rings is 1. The number of halogens is 2. The van der Waals surface area contributed by atoms with Crippen molar-refractivity contribution in [2.45, 2.75) is 18.5 Å². The van der Waals surface area contributed by atoms with Gasteiger partial charge >= 0.3 is 0 Å². The van der Waals surface area contributed by atoms with Gasteiger partial charge < -0.3 is 4.90 Å². The van der Waals surface area contributed by atoms with Crippen molar-refractivity contribution in [1.29, 1.82) is 0 Å². The van der Waals surface area contributed by atoms with Gasteiger partial charge in [-0.1, -0.05) is 23.7 Å². The van der Waals surface area contributed by atoms with Crippen LogP contribution in [0.15, 0.2) is 48.5 Å². The van der Waals surface area contributed by atoms with Gasteiger partial charge in [-0.15, -0.1) is 0 Å². The number of benzene rings is 2. The second-order valence-electron chi connectivity index (χ2n) is 7.30. The zero-order valence-corrected chi connectivity index (χ0v) is 16.7. The summed E-state index contributed by atoms with van der Waals surface area (Å²) in [5, 5.41) is 0.560. The van der Waals surface area contributed by atoms with E-state index < -0.39 is 15.9 Å². The van der Waals surface area contributed by atoms with Gasteiger partial charge in [-0.05, 0) is 48.4 Å². The van der Waals surface area contributed by atoms with Crippen LogP contribution in [-0.4, -0.2) is 55.9 Å². The maximum Gasteiger partial charge on any atom is 0.241 e. The highest BCUT2D eigenvalue weighted by Crippen LogP contribution is 2.32. The third-order valence-corrected chi connectivity index (χ3v) is 7.36. The Morgan fingerprint density at radius 1 is 1.00 bits per heavy atom. The number of rotatable bonds is 4. The summed E-state index contributed by atoms with van der Waals surface area (Å²) in [5.74, 6) is -0.422. The number of hydrogen-bond donors (Lipinski definition) is 0. The molecule has 2 aromatic carbocycles. The van der Waals surface area contributed by atoms with Gasteiger partial charge in [-0.25, -0.2) is 12.8 Å². The molecule has 28 heavy (non-hydrogen) atoms. The quantitative estimate of drug-likeness (QED) is 0.759. The number of fused-ring (bicyclic) bond motifs is 1. The molecule has 8 heteroatoms. The van der Waals surface area contributed by atoms with Crippen molar-refractivity contribution in [1.82, 2.24) is 4.90 Å². The molecule has 4 rings (SSSR count). The van der Waals surface area contributed by atoms with Crippen molar-refractivity contribution >= 4 is 33.0 Å². The van der Waals surface area contributed by atoms with E-state index in [1.54, 1.807) is 41.3 Å². The second-order valence-corrected chi connectivity index (χ2v) is 9.89. The van der Waals surface area contributed by atoms with Crippen LogP contribution in [0.2, 0.25) is 5.02 Å². The Hall–Kier alpha value is -1.96. The SMILES string of the molecule is O=C1CN(CCc2ccc(F)cc2)[C@H]2CS(=O)(=O)C[C@H]2N1c1ccc(Cl)cc1. The minimum atomic E-state index is -3.23. The predicted octanol–water partition coefficient (Wildman–Crippen LogP) is 2.54. The largest absolute Gasteiger partial charge is 0.306 e. The third kappa shape index (κ3) is 3.92. The predicted molar refractivity (Wildman–Crippen MR) is 107 cm³/mol. The zero-order valence-electron chi connectivity index (χ0n) is 15.1. The normalized spacial score (nSPS) is 24.4. The minimum Gasteiger partial charge on any atom is -0.306 e. The minimum absolute atomic E-state index is 0.0401. The Morgan fingerprint density at radius 3 is 2.32 bits per heavy atom. The van der Waals surface area contributed by atoms with E-state index >= 15 is 0 Å². The molecule has 2 aliphatic heterocycles. The highest BCUT2D eigenvalue weighted by atomic mass is 35.5. The molecule has 2 fully saturated rings. The van der Waals surface area contributed by atoms with Crippen LogP contribution in [0.25, 0.3) is 0 Å². The van der Waals surface area contributed by atoms with Crippen molar-refractivity contribution < 1.29 is 17.6 Å². The summed E-state index contributed by atoms with van der Waals surface area (Å²) in [5.41, 5.74) is 1.62. The fourth-order valence-electron chi connectivity index (χ4n) is 4.06. The number of amides is 1. The maximum atomic E-state index is 13.1. The fraction of sp³-hybridized carbons (Fsp3) is 0.350. The lowest BCUT2D eigenvalue weighted by molar-refractivity contribution is -0.123. The van der Waals surface area contributed by atoms with Crippen LogP contribution in [0.5, 0.6) is 0 Å². The van der Waals surface area contributed by atoms with E-state index in [2.05, 4.69) is 0 Å². The van der Waals surface area contributed by atoms with E-state index in [9.17, 15) is 17.6 Å². The number of anilines is 1. The number of sulfone groups is 1. The molecule has 148 valence electrons. The number of hydrogen-bond acceptors (Lipinski definition) is 4. The summed E-state index contributed by atoms with van der Waals surface area (Å²) in [6, 6.07) is 12.5. The first-order valence-corrected chi connectivity index (χ1v) is 11.3. The van der Waals surface area contributed by atoms with E-state index in [4.69, 9.17) is 11.6 Å². The molecule has 0 N–H and O–H groups in total. The van der Waals surface area contributed by atoms with Crippen molar-refractivity contribution in [2.75, 3.05) is 29.5 Å². The van der Waals surface area contributed by atoms with E-state index in [-0.39, 0.29) is 35.8 Å². The Morgan fingerprint density at radius 2 is 1.64 bits per heavy atom. The Balaban J connectivity index is 1.57. The first kappa shape index (κ1) is 19.4. The van der Waals surface area contributed by atoms with Crippen LogP contribution >= 0.6 is 11.6 Å². The summed E-state index contributed by atoms with van der Waals surface area (Å²) in [7, 11) is -3.23. The van der Waals surface area contributed by atoms with E-state index in [0.717, 1.165) is 5.56 Å². The average Bonchev–Trinajstić information content (AvgIpc) is 2.97. The lowest BCUT2D eigenvalue weighted by Gasteiger charge is -2.43. The zero-order chi connectivity index (χ0) is 19.9. The summed E-state index contributed by atoms with van der Waals surface area (Å²) in [6.45, 7) is 0.697. The standard InChI is InChI=1S/C20H20ClFN2O3S/c21-15-3-7-17(8-4-15)24-19-13-28(26,27)12-18(19)23(11-20(24)25)10-9-14-1-5-16(22)6-2-14/h1-8,18-19H,9-13H2/t18-,19+/m0/s1. The van der Waals surface area contributed by atoms with Gasteiger partial charge in [0.05, 0.1) is 24.1 Å². The maximum absolute atomic E-state index is 13.1. The molecule has 5 nitrogen and oxygen atoms in total. The highest BCUT2D eigenvalue weighted by Gasteiger charge is 2.49. The van der Waals surface area contributed by atoms with Crippen LogP contribution < -0.4 is 4.90 Å². The van der Waals surface area contributed by atoms with E-state index in [0.29, 0.717) is 23.7 Å². The fourth-order valence-corrected chi connectivity index (χ4v) is 6.17. The second kappa shape index (κ2) is 7.46. The van der Waals surface area contributed by atoms with Gasteiger partial charge in [0.1, 0.15) is 5.82 Å². The molecule has 0 bridgehead atoms. The van der Waals surface area contributed by atoms with Gasteiger partial charge in [0.15, 0.2) is 9.84 Å². The number of carbonyl (C=O) groups is 1. The molecule has 0 aliphatic carbocycles. The monoisotopic (exact) mass is 422 g/mol. The lowest BCUT2D eigenvalue weighted by atomic mass is 10.0. The number of nitrogens with zero attached hydrogens (tertiary/aromatic N) is 2. The Kier molecular flexibility index (Phi) is 5.16. The van der Waals surface area contributed by atoms with Gasteiger partial charge in [-0.3, -0.25) is 9.69 Å². The summed E-state index contributed by atoms with van der Waals surface area (Å²) in [4.78, 5) is 16.5. The topological polar surface area (TPSA) is 57.7 Å². The summed E-state index contributed by atoms with van der Waals surface area (Å²) < 4.78 is 37.8. The van der Waals surface area contributed by atoms with Crippen molar-refractivity contribution in [2.24, 2.45) is 0 Å². The molecule has 2 aromatic rings. The first-order chi connectivity index (χ1) is 13.3. The molecule has 2 heterocycles. The highest BCUT2D eigenvalue weighted by molar-refractivity contribution is 7.91. The molecular weight excluding hydrogens is 403 g/mol. The molecule has 2 atom stereocenters. The van der Waals surface area contributed by atoms with Crippen molar-refractivity contribution in [3.05, 3.63) is 64.9 Å². The molecular formula is C20H20ClFN2O3S. The van der Waals surface area contributed by atoms with Gasteiger partial charge in [0.2, 0.25) is 5.91 Å². The Labute approximate surface area is 168 Å².